The van der Waals surface area contributed by atoms with Gasteiger partial charge < -0.3 is 0 Å². The van der Waals surface area contributed by atoms with Crippen LogP contribution in [0.2, 0.25) is 0 Å². The standard InChI is InChI=1S/C18H21OP.Li.H/c1-11-9-14(4)17(15(5)10-11)20-18(19)16-12(2)7-6-8-13(16)3;;/h6-10,20H,1-5H3;;. The molecule has 0 spiro atoms. The van der Waals surface area contributed by atoms with E-state index in [0.29, 0.717) is 0 Å². The summed E-state index contributed by atoms with van der Waals surface area (Å²) in [5, 5.41) is 1.20. The van der Waals surface area contributed by atoms with Crippen molar-refractivity contribution in [1.29, 1.82) is 0 Å². The zero-order chi connectivity index (χ0) is 14.9. The van der Waals surface area contributed by atoms with Crippen LogP contribution < -0.4 is 5.30 Å². The molecule has 0 fully saturated rings. The molecule has 21 heavy (non-hydrogen) atoms. The molecule has 0 bridgehead atoms. The van der Waals surface area contributed by atoms with Gasteiger partial charge in [-0.3, -0.25) is 4.79 Å². The van der Waals surface area contributed by atoms with Crippen molar-refractivity contribution in [2.45, 2.75) is 34.6 Å². The van der Waals surface area contributed by atoms with E-state index in [-0.39, 0.29) is 33.0 Å². The summed E-state index contributed by atoms with van der Waals surface area (Å²) in [5.41, 5.74) is 6.99. The fraction of sp³-hybridized carbons (Fsp3) is 0.278. The van der Waals surface area contributed by atoms with Crippen LogP contribution in [0.4, 0.5) is 0 Å². The van der Waals surface area contributed by atoms with E-state index in [9.17, 15) is 4.79 Å². The van der Waals surface area contributed by atoms with Gasteiger partial charge in [-0.1, -0.05) is 35.9 Å². The van der Waals surface area contributed by atoms with Gasteiger partial charge in [0.05, 0.1) is 0 Å². The quantitative estimate of drug-likeness (QED) is 0.622. The van der Waals surface area contributed by atoms with E-state index in [0.717, 1.165) is 16.7 Å². The van der Waals surface area contributed by atoms with Crippen LogP contribution in [0.15, 0.2) is 30.3 Å². The molecule has 0 radical (unpaired) electrons. The average molecular weight is 292 g/mol. The molecule has 0 aliphatic rings. The van der Waals surface area contributed by atoms with Crippen molar-refractivity contribution in [3.63, 3.8) is 0 Å². The Morgan fingerprint density at radius 1 is 0.857 bits per heavy atom. The average Bonchev–Trinajstić information content (AvgIpc) is 2.33. The summed E-state index contributed by atoms with van der Waals surface area (Å²) in [4.78, 5) is 12.7. The first-order chi connectivity index (χ1) is 9.40. The molecular weight excluding hydrogens is 270 g/mol. The summed E-state index contributed by atoms with van der Waals surface area (Å²) in [7, 11) is 0.204. The second-order valence-electron chi connectivity index (χ2n) is 5.49. The molecule has 0 saturated carbocycles. The van der Waals surface area contributed by atoms with E-state index in [1.807, 2.05) is 32.0 Å². The number of carbonyl (C=O) groups is 1. The predicted octanol–water partition coefficient (Wildman–Crippen LogP) is 3.72. The van der Waals surface area contributed by atoms with Crippen molar-refractivity contribution in [1.82, 2.24) is 0 Å². The third-order valence-electron chi connectivity index (χ3n) is 3.62. The van der Waals surface area contributed by atoms with Gasteiger partial charge in [-0.2, -0.15) is 0 Å². The molecule has 0 amide bonds. The molecule has 1 unspecified atom stereocenters. The van der Waals surface area contributed by atoms with Gasteiger partial charge in [0, 0.05) is 5.56 Å². The van der Waals surface area contributed by atoms with Crippen LogP contribution >= 0.6 is 8.58 Å². The molecule has 0 aliphatic heterocycles. The van der Waals surface area contributed by atoms with E-state index in [4.69, 9.17) is 0 Å². The van der Waals surface area contributed by atoms with E-state index in [2.05, 4.69) is 32.9 Å². The Bertz CT molecular complexity index is 634. The summed E-state index contributed by atoms with van der Waals surface area (Å²) in [5.74, 6) is 0. The van der Waals surface area contributed by atoms with Crippen molar-refractivity contribution in [2.75, 3.05) is 0 Å². The Hall–Kier alpha value is -0.863. The first-order valence-electron chi connectivity index (χ1n) is 6.85. The molecular formula is C18H22LiOP. The SMILES string of the molecule is Cc1cc(C)c(PC(=O)c2c(C)cccc2C)c(C)c1.[LiH]. The third-order valence-corrected chi connectivity index (χ3v) is 5.14. The molecule has 3 heteroatoms. The van der Waals surface area contributed by atoms with Gasteiger partial charge in [-0.25, -0.2) is 0 Å². The van der Waals surface area contributed by atoms with Gasteiger partial charge in [-0.05, 0) is 70.8 Å². The van der Waals surface area contributed by atoms with Crippen LogP contribution in [0.3, 0.4) is 0 Å². The molecule has 0 aromatic heterocycles. The first kappa shape index (κ1) is 18.2. The van der Waals surface area contributed by atoms with Gasteiger partial charge in [0.15, 0.2) is 5.52 Å². The molecule has 0 heterocycles. The molecule has 0 aliphatic carbocycles. The zero-order valence-electron chi connectivity index (χ0n) is 12.8. The van der Waals surface area contributed by atoms with Gasteiger partial charge in [-0.15, -0.1) is 0 Å². The van der Waals surface area contributed by atoms with Crippen LogP contribution in [-0.4, -0.2) is 24.4 Å². The first-order valence-corrected chi connectivity index (χ1v) is 7.85. The van der Waals surface area contributed by atoms with Gasteiger partial charge in [0.1, 0.15) is 0 Å². The Morgan fingerprint density at radius 3 is 1.81 bits per heavy atom. The molecule has 1 nitrogen and oxygen atoms in total. The number of benzene rings is 2. The van der Waals surface area contributed by atoms with Crippen LogP contribution in [0.25, 0.3) is 0 Å². The number of hydrogen-bond donors (Lipinski definition) is 0. The normalized spacial score (nSPS) is 10.7. The maximum absolute atomic E-state index is 12.7. The van der Waals surface area contributed by atoms with E-state index < -0.39 is 0 Å². The summed E-state index contributed by atoms with van der Waals surface area (Å²) in [6, 6.07) is 10.4. The van der Waals surface area contributed by atoms with Crippen molar-refractivity contribution < 1.29 is 4.79 Å². The second-order valence-corrected chi connectivity index (χ2v) is 6.70. The number of carbonyl (C=O) groups excluding carboxylic acids is 1. The Labute approximate surface area is 141 Å². The van der Waals surface area contributed by atoms with Crippen LogP contribution in [0.5, 0.6) is 0 Å². The van der Waals surface area contributed by atoms with Crippen molar-refractivity contribution in [3.8, 4) is 0 Å². The fourth-order valence-corrected chi connectivity index (χ4v) is 4.01. The van der Waals surface area contributed by atoms with Crippen molar-refractivity contribution in [3.05, 3.63) is 63.7 Å². The van der Waals surface area contributed by atoms with Crippen LogP contribution in [0, 0.1) is 34.6 Å². The summed E-state index contributed by atoms with van der Waals surface area (Å²) >= 11 is 0. The number of aryl methyl sites for hydroxylation is 5. The van der Waals surface area contributed by atoms with E-state index >= 15 is 0 Å². The van der Waals surface area contributed by atoms with E-state index in [1.54, 1.807) is 0 Å². The van der Waals surface area contributed by atoms with Crippen LogP contribution in [0.1, 0.15) is 38.2 Å². The van der Waals surface area contributed by atoms with E-state index in [1.165, 1.54) is 22.0 Å². The molecule has 106 valence electrons. The zero-order valence-corrected chi connectivity index (χ0v) is 13.8. The third kappa shape index (κ3) is 4.08. The molecule has 0 saturated heterocycles. The number of rotatable bonds is 3. The fourth-order valence-electron chi connectivity index (χ4n) is 2.73. The monoisotopic (exact) mass is 292 g/mol. The van der Waals surface area contributed by atoms with Crippen molar-refractivity contribution >= 4 is 38.3 Å². The summed E-state index contributed by atoms with van der Waals surface area (Å²) in [6.07, 6.45) is 0. The van der Waals surface area contributed by atoms with Gasteiger partial charge in [0.2, 0.25) is 0 Å². The van der Waals surface area contributed by atoms with Crippen LogP contribution in [-0.2, 0) is 0 Å². The molecule has 0 N–H and O–H groups in total. The van der Waals surface area contributed by atoms with Gasteiger partial charge in [0.25, 0.3) is 0 Å². The minimum absolute atomic E-state index is 0. The maximum atomic E-state index is 12.7. The van der Waals surface area contributed by atoms with Crippen molar-refractivity contribution in [2.24, 2.45) is 0 Å². The molecule has 2 aromatic rings. The minimum atomic E-state index is 0. The number of hydrogen-bond acceptors (Lipinski definition) is 1. The molecule has 1 atom stereocenters. The Morgan fingerprint density at radius 2 is 1.33 bits per heavy atom. The summed E-state index contributed by atoms with van der Waals surface area (Å²) < 4.78 is 0. The molecule has 2 aromatic carbocycles. The Balaban J connectivity index is 0.00000220. The summed E-state index contributed by atoms with van der Waals surface area (Å²) in [6.45, 7) is 10.3. The molecule has 2 rings (SSSR count). The predicted molar refractivity (Wildman–Crippen MR) is 96.0 cm³/mol. The topological polar surface area (TPSA) is 17.1 Å². The van der Waals surface area contributed by atoms with Gasteiger partial charge >= 0.3 is 18.9 Å². The second kappa shape index (κ2) is 7.42. The Kier molecular flexibility index (Phi) is 6.42.